The third-order valence-corrected chi connectivity index (χ3v) is 2.69. The topological polar surface area (TPSA) is 52.7 Å². The molecule has 0 bridgehead atoms. The molecular formula is C11H13Cl2N3O2. The van der Waals surface area contributed by atoms with E-state index >= 15 is 0 Å². The third kappa shape index (κ3) is 3.51. The van der Waals surface area contributed by atoms with Crippen LogP contribution in [0.4, 0.5) is 15.3 Å². The second-order valence-electron chi connectivity index (χ2n) is 3.79. The Hall–Kier alpha value is -1.46. The highest BCUT2D eigenvalue weighted by Gasteiger charge is 2.19. The highest BCUT2D eigenvalue weighted by atomic mass is 35.5. The number of carbonyl (C=O) groups excluding carboxylic acids is 2. The summed E-state index contributed by atoms with van der Waals surface area (Å²) >= 11 is 11.6. The van der Waals surface area contributed by atoms with Crippen molar-refractivity contribution in [3.8, 4) is 0 Å². The Morgan fingerprint density at radius 1 is 1.17 bits per heavy atom. The summed E-state index contributed by atoms with van der Waals surface area (Å²) in [4.78, 5) is 25.6. The van der Waals surface area contributed by atoms with Crippen LogP contribution in [0.1, 0.15) is 0 Å². The maximum Gasteiger partial charge on any atom is 0.329 e. The van der Waals surface area contributed by atoms with Crippen LogP contribution in [0.15, 0.2) is 18.2 Å². The first-order valence-corrected chi connectivity index (χ1v) is 5.79. The maximum absolute atomic E-state index is 11.8. The molecule has 1 rings (SSSR count). The number of hydrogen-bond donors (Lipinski definition) is 1. The molecule has 1 N–H and O–H groups in total. The van der Waals surface area contributed by atoms with Gasteiger partial charge < -0.3 is 10.2 Å². The Balaban J connectivity index is 2.79. The molecule has 0 aromatic heterocycles. The fourth-order valence-corrected chi connectivity index (χ4v) is 1.63. The normalized spacial score (nSPS) is 9.83. The number of amides is 4. The van der Waals surface area contributed by atoms with Gasteiger partial charge in [0.25, 0.3) is 0 Å². The molecule has 0 atom stereocenters. The first-order chi connectivity index (χ1) is 8.32. The van der Waals surface area contributed by atoms with Crippen molar-refractivity contribution in [1.29, 1.82) is 0 Å². The summed E-state index contributed by atoms with van der Waals surface area (Å²) in [6, 6.07) is 3.66. The molecule has 0 heterocycles. The van der Waals surface area contributed by atoms with Gasteiger partial charge in [-0.3, -0.25) is 0 Å². The van der Waals surface area contributed by atoms with Gasteiger partial charge >= 0.3 is 12.1 Å². The third-order valence-electron chi connectivity index (χ3n) is 2.15. The van der Waals surface area contributed by atoms with E-state index in [4.69, 9.17) is 23.2 Å². The van der Waals surface area contributed by atoms with Crippen molar-refractivity contribution in [2.75, 3.05) is 26.5 Å². The minimum Gasteiger partial charge on any atom is -0.330 e. The summed E-state index contributed by atoms with van der Waals surface area (Å²) in [7, 11) is 4.49. The molecule has 0 aliphatic heterocycles. The lowest BCUT2D eigenvalue weighted by Gasteiger charge is -2.20. The summed E-state index contributed by atoms with van der Waals surface area (Å²) in [6.45, 7) is 0. The standard InChI is InChI=1S/C11H13Cl2N3O2/c1-15(2)11(18)16(3)10(17)14-9-5-4-7(12)6-8(9)13/h4-6H,1-3H3,(H,14,17). The molecule has 0 saturated heterocycles. The lowest BCUT2D eigenvalue weighted by Crippen LogP contribution is -2.42. The zero-order chi connectivity index (χ0) is 13.9. The molecule has 0 aliphatic carbocycles. The van der Waals surface area contributed by atoms with Crippen molar-refractivity contribution in [1.82, 2.24) is 9.80 Å². The van der Waals surface area contributed by atoms with E-state index in [0.29, 0.717) is 15.7 Å². The predicted molar refractivity (Wildman–Crippen MR) is 72.3 cm³/mol. The van der Waals surface area contributed by atoms with Gasteiger partial charge in [-0.15, -0.1) is 0 Å². The van der Waals surface area contributed by atoms with Crippen molar-refractivity contribution in [2.24, 2.45) is 0 Å². The Bertz CT molecular complexity index is 477. The second kappa shape index (κ2) is 5.93. The zero-order valence-electron chi connectivity index (χ0n) is 10.2. The van der Waals surface area contributed by atoms with E-state index in [1.165, 1.54) is 18.0 Å². The van der Waals surface area contributed by atoms with Crippen molar-refractivity contribution >= 4 is 41.0 Å². The number of urea groups is 2. The van der Waals surface area contributed by atoms with E-state index in [2.05, 4.69) is 5.32 Å². The van der Waals surface area contributed by atoms with Crippen LogP contribution in [0.2, 0.25) is 10.0 Å². The van der Waals surface area contributed by atoms with Gasteiger partial charge in [-0.1, -0.05) is 23.2 Å². The van der Waals surface area contributed by atoms with Gasteiger partial charge in [-0.2, -0.15) is 0 Å². The monoisotopic (exact) mass is 289 g/mol. The lowest BCUT2D eigenvalue weighted by molar-refractivity contribution is 0.182. The first kappa shape index (κ1) is 14.6. The first-order valence-electron chi connectivity index (χ1n) is 5.04. The number of imide groups is 1. The average molecular weight is 290 g/mol. The Morgan fingerprint density at radius 3 is 2.28 bits per heavy atom. The molecule has 98 valence electrons. The van der Waals surface area contributed by atoms with Crippen molar-refractivity contribution in [2.45, 2.75) is 0 Å². The van der Waals surface area contributed by atoms with Gasteiger partial charge in [0.2, 0.25) is 0 Å². The number of hydrogen-bond acceptors (Lipinski definition) is 2. The molecule has 4 amide bonds. The average Bonchev–Trinajstić information content (AvgIpc) is 2.30. The summed E-state index contributed by atoms with van der Waals surface area (Å²) < 4.78 is 0. The Labute approximate surface area is 115 Å². The van der Waals surface area contributed by atoms with Crippen LogP contribution >= 0.6 is 23.2 Å². The van der Waals surface area contributed by atoms with E-state index < -0.39 is 12.1 Å². The largest absolute Gasteiger partial charge is 0.330 e. The van der Waals surface area contributed by atoms with Gasteiger partial charge in [0.1, 0.15) is 0 Å². The minimum atomic E-state index is -0.571. The number of nitrogens with zero attached hydrogens (tertiary/aromatic N) is 2. The molecular weight excluding hydrogens is 277 g/mol. The van der Waals surface area contributed by atoms with Crippen LogP contribution in [-0.2, 0) is 0 Å². The maximum atomic E-state index is 11.8. The minimum absolute atomic E-state index is 0.307. The van der Waals surface area contributed by atoms with Crippen LogP contribution in [0.3, 0.4) is 0 Å². The quantitative estimate of drug-likeness (QED) is 0.863. The molecule has 0 saturated carbocycles. The molecule has 1 aromatic carbocycles. The molecule has 5 nitrogen and oxygen atoms in total. The van der Waals surface area contributed by atoms with Crippen molar-refractivity contribution < 1.29 is 9.59 Å². The number of carbonyl (C=O) groups is 2. The highest BCUT2D eigenvalue weighted by Crippen LogP contribution is 2.25. The number of rotatable bonds is 1. The fourth-order valence-electron chi connectivity index (χ4n) is 1.18. The molecule has 0 spiro atoms. The molecule has 7 heteroatoms. The SMILES string of the molecule is CN(C)C(=O)N(C)C(=O)Nc1ccc(Cl)cc1Cl. The molecule has 18 heavy (non-hydrogen) atoms. The number of nitrogens with one attached hydrogen (secondary N) is 1. The number of halogens is 2. The number of benzene rings is 1. The molecule has 0 unspecified atom stereocenters. The van der Waals surface area contributed by atoms with Crippen LogP contribution < -0.4 is 5.32 Å². The summed E-state index contributed by atoms with van der Waals surface area (Å²) in [5.41, 5.74) is 0.393. The molecule has 0 aliphatic rings. The van der Waals surface area contributed by atoms with Crippen molar-refractivity contribution in [3.63, 3.8) is 0 Å². The summed E-state index contributed by atoms with van der Waals surface area (Å²) in [5, 5.41) is 3.30. The zero-order valence-corrected chi connectivity index (χ0v) is 11.7. The smallest absolute Gasteiger partial charge is 0.329 e. The molecule has 1 aromatic rings. The van der Waals surface area contributed by atoms with Gasteiger partial charge in [0.05, 0.1) is 10.7 Å². The highest BCUT2D eigenvalue weighted by molar-refractivity contribution is 6.36. The summed E-state index contributed by atoms with van der Waals surface area (Å²) in [6.07, 6.45) is 0. The predicted octanol–water partition coefficient (Wildman–Crippen LogP) is 3.14. The van der Waals surface area contributed by atoms with Gasteiger partial charge in [0.15, 0.2) is 0 Å². The lowest BCUT2D eigenvalue weighted by atomic mass is 10.3. The second-order valence-corrected chi connectivity index (χ2v) is 4.63. The van der Waals surface area contributed by atoms with Crippen LogP contribution in [-0.4, -0.2) is 43.0 Å². The fraction of sp³-hybridized carbons (Fsp3) is 0.273. The van der Waals surface area contributed by atoms with E-state index in [9.17, 15) is 9.59 Å². The van der Waals surface area contributed by atoms with Crippen LogP contribution in [0, 0.1) is 0 Å². The Morgan fingerprint density at radius 2 is 1.78 bits per heavy atom. The van der Waals surface area contributed by atoms with E-state index in [1.54, 1.807) is 26.2 Å². The molecule has 0 radical (unpaired) electrons. The van der Waals surface area contributed by atoms with E-state index in [-0.39, 0.29) is 0 Å². The van der Waals surface area contributed by atoms with Gasteiger partial charge in [-0.25, -0.2) is 14.5 Å². The Kier molecular flexibility index (Phi) is 4.81. The van der Waals surface area contributed by atoms with E-state index in [0.717, 1.165) is 4.90 Å². The molecule has 0 fully saturated rings. The summed E-state index contributed by atoms with van der Waals surface area (Å²) in [5.74, 6) is 0. The van der Waals surface area contributed by atoms with Crippen molar-refractivity contribution in [3.05, 3.63) is 28.2 Å². The van der Waals surface area contributed by atoms with Crippen LogP contribution in [0.5, 0.6) is 0 Å². The number of anilines is 1. The van der Waals surface area contributed by atoms with E-state index in [1.807, 2.05) is 0 Å². The van der Waals surface area contributed by atoms with Gasteiger partial charge in [0, 0.05) is 26.2 Å². The van der Waals surface area contributed by atoms with Crippen LogP contribution in [0.25, 0.3) is 0 Å². The van der Waals surface area contributed by atoms with Gasteiger partial charge in [-0.05, 0) is 18.2 Å².